The van der Waals surface area contributed by atoms with Crippen molar-refractivity contribution in [2.75, 3.05) is 0 Å². The van der Waals surface area contributed by atoms with E-state index < -0.39 is 0 Å². The van der Waals surface area contributed by atoms with Crippen LogP contribution in [0.4, 0.5) is 0 Å². The van der Waals surface area contributed by atoms with Crippen molar-refractivity contribution in [2.24, 2.45) is 40.9 Å². The third-order valence-corrected chi connectivity index (χ3v) is 9.07. The van der Waals surface area contributed by atoms with Gasteiger partial charge in [-0.1, -0.05) is 26.2 Å². The van der Waals surface area contributed by atoms with Gasteiger partial charge in [-0.15, -0.1) is 0 Å². The molecule has 0 aromatic carbocycles. The molecule has 26 heavy (non-hydrogen) atoms. The lowest BCUT2D eigenvalue weighted by Crippen LogP contribution is -2.47. The predicted octanol–water partition coefficient (Wildman–Crippen LogP) is 6.38. The molecule has 2 nitrogen and oxygen atoms in total. The van der Waals surface area contributed by atoms with Crippen LogP contribution in [0.5, 0.6) is 0 Å². The van der Waals surface area contributed by atoms with Crippen LogP contribution in [0, 0.1) is 40.9 Å². The summed E-state index contributed by atoms with van der Waals surface area (Å²) in [6, 6.07) is 0. The second-order valence-electron chi connectivity index (χ2n) is 10.7. The highest BCUT2D eigenvalue weighted by atomic mass is 16.5. The van der Waals surface area contributed by atoms with Gasteiger partial charge in [0.1, 0.15) is 6.10 Å². The summed E-state index contributed by atoms with van der Waals surface area (Å²) in [4.78, 5) is 12.6. The lowest BCUT2D eigenvalue weighted by molar-refractivity contribution is -0.165. The standard InChI is InChI=1S/C24H40O2/c1-4-24(2,3)23(25)26-18-12-9-17-11-13-20-19-8-6-5-7-16(19)10-14-21(20)22(17)15-18/h16-22H,4-15H2,1-3H3. The molecule has 4 fully saturated rings. The molecule has 148 valence electrons. The van der Waals surface area contributed by atoms with Gasteiger partial charge in [-0.3, -0.25) is 4.79 Å². The summed E-state index contributed by atoms with van der Waals surface area (Å²) in [6.45, 7) is 6.15. The average Bonchev–Trinajstić information content (AvgIpc) is 2.67. The van der Waals surface area contributed by atoms with Gasteiger partial charge in [0.2, 0.25) is 0 Å². The summed E-state index contributed by atoms with van der Waals surface area (Å²) in [5, 5.41) is 0. The van der Waals surface area contributed by atoms with Crippen molar-refractivity contribution in [1.82, 2.24) is 0 Å². The van der Waals surface area contributed by atoms with Gasteiger partial charge in [0.15, 0.2) is 0 Å². The fourth-order valence-electron chi connectivity index (χ4n) is 7.14. The number of hydrogen-bond acceptors (Lipinski definition) is 2. The van der Waals surface area contributed by atoms with E-state index in [1.807, 2.05) is 13.8 Å². The summed E-state index contributed by atoms with van der Waals surface area (Å²) in [5.41, 5.74) is -0.327. The average molecular weight is 361 g/mol. The topological polar surface area (TPSA) is 26.3 Å². The SMILES string of the molecule is CCC(C)(C)C(=O)OC1CCC2CCC3C4CCCCC4CCC3C2C1. The number of carbonyl (C=O) groups is 1. The van der Waals surface area contributed by atoms with Crippen LogP contribution in [0.25, 0.3) is 0 Å². The van der Waals surface area contributed by atoms with E-state index in [4.69, 9.17) is 4.74 Å². The quantitative estimate of drug-likeness (QED) is 0.546. The highest BCUT2D eigenvalue weighted by molar-refractivity contribution is 5.76. The Morgan fingerprint density at radius 3 is 2.15 bits per heavy atom. The van der Waals surface area contributed by atoms with Crippen LogP contribution in [0.2, 0.25) is 0 Å². The lowest BCUT2D eigenvalue weighted by atomic mass is 9.51. The Morgan fingerprint density at radius 1 is 0.808 bits per heavy atom. The molecular formula is C24H40O2. The van der Waals surface area contributed by atoms with Gasteiger partial charge in [0.05, 0.1) is 5.41 Å². The summed E-state index contributed by atoms with van der Waals surface area (Å²) in [7, 11) is 0. The van der Waals surface area contributed by atoms with E-state index in [1.165, 1.54) is 57.8 Å². The maximum atomic E-state index is 12.6. The fraction of sp³-hybridized carbons (Fsp3) is 0.958. The van der Waals surface area contributed by atoms with E-state index in [1.54, 1.807) is 0 Å². The molecule has 0 spiro atoms. The van der Waals surface area contributed by atoms with E-state index in [2.05, 4.69) is 6.92 Å². The van der Waals surface area contributed by atoms with Gasteiger partial charge in [-0.05, 0) is 107 Å². The van der Waals surface area contributed by atoms with Gasteiger partial charge in [-0.2, -0.15) is 0 Å². The first-order chi connectivity index (χ1) is 12.5. The monoisotopic (exact) mass is 360 g/mol. The molecule has 0 bridgehead atoms. The third-order valence-electron chi connectivity index (χ3n) is 9.07. The van der Waals surface area contributed by atoms with E-state index in [0.717, 1.165) is 54.8 Å². The second kappa shape index (κ2) is 7.47. The van der Waals surface area contributed by atoms with Crippen molar-refractivity contribution in [3.63, 3.8) is 0 Å². The normalized spacial score (nSPS) is 43.0. The number of hydrogen-bond donors (Lipinski definition) is 0. The van der Waals surface area contributed by atoms with Gasteiger partial charge < -0.3 is 4.74 Å². The fourth-order valence-corrected chi connectivity index (χ4v) is 7.14. The molecular weight excluding hydrogens is 320 g/mol. The van der Waals surface area contributed by atoms with Crippen molar-refractivity contribution in [3.05, 3.63) is 0 Å². The van der Waals surface area contributed by atoms with Gasteiger partial charge in [0, 0.05) is 0 Å². The van der Waals surface area contributed by atoms with Crippen molar-refractivity contribution in [1.29, 1.82) is 0 Å². The molecule has 0 radical (unpaired) electrons. The molecule has 7 unspecified atom stereocenters. The summed E-state index contributed by atoms with van der Waals surface area (Å²) >= 11 is 0. The zero-order valence-electron chi connectivity index (χ0n) is 17.3. The van der Waals surface area contributed by atoms with E-state index >= 15 is 0 Å². The minimum Gasteiger partial charge on any atom is -0.462 e. The minimum atomic E-state index is -0.327. The van der Waals surface area contributed by atoms with E-state index in [-0.39, 0.29) is 17.5 Å². The summed E-state index contributed by atoms with van der Waals surface area (Å²) in [6.07, 6.45) is 16.5. The van der Waals surface area contributed by atoms with E-state index in [0.29, 0.717) is 0 Å². The predicted molar refractivity (Wildman–Crippen MR) is 106 cm³/mol. The van der Waals surface area contributed by atoms with Gasteiger partial charge >= 0.3 is 5.97 Å². The summed E-state index contributed by atoms with van der Waals surface area (Å²) < 4.78 is 6.04. The van der Waals surface area contributed by atoms with Crippen LogP contribution in [-0.4, -0.2) is 12.1 Å². The molecule has 7 atom stereocenters. The molecule has 4 rings (SSSR count). The molecule has 0 aliphatic heterocycles. The van der Waals surface area contributed by atoms with E-state index in [9.17, 15) is 4.79 Å². The van der Waals surface area contributed by atoms with Crippen LogP contribution in [0.3, 0.4) is 0 Å². The molecule has 2 heteroatoms. The molecule has 4 saturated carbocycles. The molecule has 4 aliphatic carbocycles. The lowest BCUT2D eigenvalue weighted by Gasteiger charge is -2.55. The summed E-state index contributed by atoms with van der Waals surface area (Å²) in [5.74, 6) is 5.81. The Labute approximate surface area is 160 Å². The van der Waals surface area contributed by atoms with Crippen LogP contribution < -0.4 is 0 Å². The molecule has 0 heterocycles. The number of fused-ring (bicyclic) bond motifs is 5. The molecule has 0 amide bonds. The second-order valence-corrected chi connectivity index (χ2v) is 10.7. The zero-order chi connectivity index (χ0) is 18.3. The Hall–Kier alpha value is -0.530. The molecule has 0 aromatic heterocycles. The Balaban J connectivity index is 1.42. The number of esters is 1. The van der Waals surface area contributed by atoms with Crippen LogP contribution in [0.15, 0.2) is 0 Å². The van der Waals surface area contributed by atoms with Crippen molar-refractivity contribution in [2.45, 2.75) is 104 Å². The van der Waals surface area contributed by atoms with Gasteiger partial charge in [-0.25, -0.2) is 0 Å². The smallest absolute Gasteiger partial charge is 0.311 e. The first kappa shape index (κ1) is 18.8. The Morgan fingerprint density at radius 2 is 1.42 bits per heavy atom. The Kier molecular flexibility index (Phi) is 5.41. The Bertz CT molecular complexity index is 510. The van der Waals surface area contributed by atoms with Crippen LogP contribution in [0.1, 0.15) is 97.8 Å². The van der Waals surface area contributed by atoms with Crippen molar-refractivity contribution >= 4 is 5.97 Å². The highest BCUT2D eigenvalue weighted by Crippen LogP contribution is 2.57. The first-order valence-electron chi connectivity index (χ1n) is 11.7. The number of ether oxygens (including phenoxy) is 1. The third kappa shape index (κ3) is 3.47. The molecule has 0 aromatic rings. The highest BCUT2D eigenvalue weighted by Gasteiger charge is 2.49. The first-order valence-corrected chi connectivity index (χ1v) is 11.7. The molecule has 0 saturated heterocycles. The maximum absolute atomic E-state index is 12.6. The molecule has 0 N–H and O–H groups in total. The number of carbonyl (C=O) groups excluding carboxylic acids is 1. The van der Waals surface area contributed by atoms with Crippen LogP contribution >= 0.6 is 0 Å². The van der Waals surface area contributed by atoms with Crippen molar-refractivity contribution < 1.29 is 9.53 Å². The van der Waals surface area contributed by atoms with Crippen LogP contribution in [-0.2, 0) is 9.53 Å². The zero-order valence-corrected chi connectivity index (χ0v) is 17.3. The van der Waals surface area contributed by atoms with Gasteiger partial charge in [0.25, 0.3) is 0 Å². The number of rotatable bonds is 3. The minimum absolute atomic E-state index is 0.0341. The largest absolute Gasteiger partial charge is 0.462 e. The maximum Gasteiger partial charge on any atom is 0.311 e. The van der Waals surface area contributed by atoms with Crippen molar-refractivity contribution in [3.8, 4) is 0 Å². The molecule has 4 aliphatic rings.